The van der Waals surface area contributed by atoms with Gasteiger partial charge >= 0.3 is 0 Å². The van der Waals surface area contributed by atoms with Crippen LogP contribution >= 0.6 is 11.8 Å². The van der Waals surface area contributed by atoms with Crippen LogP contribution < -0.4 is 10.6 Å². The lowest BCUT2D eigenvalue weighted by molar-refractivity contribution is -0.119. The molecule has 0 bridgehead atoms. The molecule has 1 atom stereocenters. The van der Waals surface area contributed by atoms with Crippen molar-refractivity contribution in [2.45, 2.75) is 30.6 Å². The van der Waals surface area contributed by atoms with Gasteiger partial charge in [-0.2, -0.15) is 0 Å². The summed E-state index contributed by atoms with van der Waals surface area (Å²) >= 11 is 1.73. The molecule has 4 nitrogen and oxygen atoms in total. The maximum Gasteiger partial charge on any atom is 0.230 e. The molecule has 0 spiro atoms. The molecule has 2 rings (SSSR count). The van der Waals surface area contributed by atoms with Crippen LogP contribution in [0.1, 0.15) is 18.4 Å². The van der Waals surface area contributed by atoms with E-state index in [-0.39, 0.29) is 18.6 Å². The standard InChI is InChI=1S/C16H24N2O2S/c19-11-14(10-13-4-2-1-3-5-13)18-16(20)12-21-15-6-8-17-9-7-15/h1-5,14-15,17,19H,6-12H2,(H,18,20)/t14-/m1/s1. The van der Waals surface area contributed by atoms with Gasteiger partial charge in [-0.25, -0.2) is 0 Å². The van der Waals surface area contributed by atoms with Crippen molar-refractivity contribution in [1.82, 2.24) is 10.6 Å². The third-order valence-corrected chi connectivity index (χ3v) is 5.02. The maximum atomic E-state index is 12.0. The number of carbonyl (C=O) groups excluding carboxylic acids is 1. The number of carbonyl (C=O) groups is 1. The predicted molar refractivity (Wildman–Crippen MR) is 87.5 cm³/mol. The average molecular weight is 308 g/mol. The highest BCUT2D eigenvalue weighted by atomic mass is 32.2. The topological polar surface area (TPSA) is 61.4 Å². The molecule has 0 saturated carbocycles. The van der Waals surface area contributed by atoms with Gasteiger partial charge in [-0.15, -0.1) is 11.8 Å². The van der Waals surface area contributed by atoms with E-state index in [2.05, 4.69) is 10.6 Å². The molecule has 0 aromatic heterocycles. The van der Waals surface area contributed by atoms with Crippen LogP contribution in [0.2, 0.25) is 0 Å². The summed E-state index contributed by atoms with van der Waals surface area (Å²) in [7, 11) is 0. The van der Waals surface area contributed by atoms with Crippen molar-refractivity contribution >= 4 is 17.7 Å². The number of thioether (sulfide) groups is 1. The average Bonchev–Trinajstić information content (AvgIpc) is 2.54. The number of aliphatic hydroxyl groups is 1. The van der Waals surface area contributed by atoms with Crippen molar-refractivity contribution in [3.63, 3.8) is 0 Å². The summed E-state index contributed by atoms with van der Waals surface area (Å²) in [6.45, 7) is 2.07. The zero-order valence-corrected chi connectivity index (χ0v) is 13.1. The first-order valence-electron chi connectivity index (χ1n) is 7.54. The summed E-state index contributed by atoms with van der Waals surface area (Å²) in [6.07, 6.45) is 2.93. The highest BCUT2D eigenvalue weighted by Crippen LogP contribution is 2.19. The van der Waals surface area contributed by atoms with Gasteiger partial charge in [0.25, 0.3) is 0 Å². The van der Waals surface area contributed by atoms with Crippen LogP contribution in [-0.4, -0.2) is 47.8 Å². The summed E-state index contributed by atoms with van der Waals surface area (Å²) < 4.78 is 0. The Hall–Kier alpha value is -1.04. The fourth-order valence-corrected chi connectivity index (χ4v) is 3.52. The molecule has 1 aromatic carbocycles. The van der Waals surface area contributed by atoms with E-state index in [4.69, 9.17) is 0 Å². The molecular weight excluding hydrogens is 284 g/mol. The lowest BCUT2D eigenvalue weighted by atomic mass is 10.1. The summed E-state index contributed by atoms with van der Waals surface area (Å²) in [5, 5.41) is 16.3. The Labute approximate surface area is 130 Å². The first-order valence-corrected chi connectivity index (χ1v) is 8.59. The number of rotatable bonds is 7. The molecule has 0 aliphatic carbocycles. The first-order chi connectivity index (χ1) is 10.3. The summed E-state index contributed by atoms with van der Waals surface area (Å²) in [5.41, 5.74) is 1.13. The fourth-order valence-electron chi connectivity index (χ4n) is 2.48. The van der Waals surface area contributed by atoms with Crippen LogP contribution in [-0.2, 0) is 11.2 Å². The van der Waals surface area contributed by atoms with E-state index in [0.717, 1.165) is 31.5 Å². The van der Waals surface area contributed by atoms with Crippen LogP contribution in [0.5, 0.6) is 0 Å². The predicted octanol–water partition coefficient (Wildman–Crippen LogP) is 1.19. The Balaban J connectivity index is 1.71. The fraction of sp³-hybridized carbons (Fsp3) is 0.562. The van der Waals surface area contributed by atoms with Crippen molar-refractivity contribution in [2.24, 2.45) is 0 Å². The van der Waals surface area contributed by atoms with Crippen molar-refractivity contribution < 1.29 is 9.90 Å². The van der Waals surface area contributed by atoms with Gasteiger partial charge in [0.2, 0.25) is 5.91 Å². The lowest BCUT2D eigenvalue weighted by Crippen LogP contribution is -2.40. The van der Waals surface area contributed by atoms with Gasteiger partial charge in [-0.1, -0.05) is 30.3 Å². The Kier molecular flexibility index (Phi) is 7.06. The Morgan fingerprint density at radius 1 is 1.33 bits per heavy atom. The Morgan fingerprint density at radius 3 is 2.71 bits per heavy atom. The van der Waals surface area contributed by atoms with Crippen LogP contribution in [0.3, 0.4) is 0 Å². The molecular formula is C16H24N2O2S. The van der Waals surface area contributed by atoms with Gasteiger partial charge in [0.1, 0.15) is 0 Å². The third kappa shape index (κ3) is 6.08. The van der Waals surface area contributed by atoms with E-state index >= 15 is 0 Å². The zero-order valence-electron chi connectivity index (χ0n) is 12.3. The van der Waals surface area contributed by atoms with E-state index in [1.807, 2.05) is 30.3 Å². The molecule has 0 unspecified atom stereocenters. The van der Waals surface area contributed by atoms with E-state index in [1.54, 1.807) is 11.8 Å². The molecule has 1 amide bonds. The minimum Gasteiger partial charge on any atom is -0.394 e. The number of hydrogen-bond donors (Lipinski definition) is 3. The molecule has 21 heavy (non-hydrogen) atoms. The van der Waals surface area contributed by atoms with Crippen LogP contribution in [0.15, 0.2) is 30.3 Å². The SMILES string of the molecule is O=C(CSC1CCNCC1)N[C@@H](CO)Cc1ccccc1. The molecule has 1 aliphatic rings. The number of hydrogen-bond acceptors (Lipinski definition) is 4. The maximum absolute atomic E-state index is 12.0. The molecule has 0 radical (unpaired) electrons. The van der Waals surface area contributed by atoms with Gasteiger partial charge in [0.05, 0.1) is 18.4 Å². The molecule has 1 saturated heterocycles. The van der Waals surface area contributed by atoms with Gasteiger partial charge < -0.3 is 15.7 Å². The molecule has 116 valence electrons. The third-order valence-electron chi connectivity index (χ3n) is 3.65. The van der Waals surface area contributed by atoms with Crippen molar-refractivity contribution in [3.05, 3.63) is 35.9 Å². The van der Waals surface area contributed by atoms with Crippen molar-refractivity contribution in [3.8, 4) is 0 Å². The number of nitrogens with one attached hydrogen (secondary N) is 2. The smallest absolute Gasteiger partial charge is 0.230 e. The second kappa shape index (κ2) is 9.07. The van der Waals surface area contributed by atoms with Crippen LogP contribution in [0, 0.1) is 0 Å². The van der Waals surface area contributed by atoms with Crippen molar-refractivity contribution in [2.75, 3.05) is 25.4 Å². The molecule has 1 fully saturated rings. The molecule has 1 aliphatic heterocycles. The number of benzene rings is 1. The van der Waals surface area contributed by atoms with E-state index < -0.39 is 0 Å². The minimum absolute atomic E-state index is 0.0218. The van der Waals surface area contributed by atoms with Gasteiger partial charge in [0, 0.05) is 5.25 Å². The Morgan fingerprint density at radius 2 is 2.05 bits per heavy atom. The summed E-state index contributed by atoms with van der Waals surface area (Å²) in [4.78, 5) is 12.0. The molecule has 1 heterocycles. The largest absolute Gasteiger partial charge is 0.394 e. The van der Waals surface area contributed by atoms with Crippen molar-refractivity contribution in [1.29, 1.82) is 0 Å². The van der Waals surface area contributed by atoms with E-state index in [1.165, 1.54) is 0 Å². The van der Waals surface area contributed by atoms with E-state index in [9.17, 15) is 9.90 Å². The summed E-state index contributed by atoms with van der Waals surface area (Å²) in [6, 6.07) is 9.73. The second-order valence-electron chi connectivity index (χ2n) is 5.40. The number of aliphatic hydroxyl groups excluding tert-OH is 1. The van der Waals surface area contributed by atoms with Gasteiger partial charge in [-0.05, 0) is 37.9 Å². The van der Waals surface area contributed by atoms with Crippen LogP contribution in [0.4, 0.5) is 0 Å². The minimum atomic E-state index is -0.200. The number of piperidine rings is 1. The molecule has 3 N–H and O–H groups in total. The Bertz CT molecular complexity index is 422. The monoisotopic (exact) mass is 308 g/mol. The van der Waals surface area contributed by atoms with Crippen LogP contribution in [0.25, 0.3) is 0 Å². The quantitative estimate of drug-likeness (QED) is 0.708. The molecule has 1 aromatic rings. The first kappa shape index (κ1) is 16.3. The highest BCUT2D eigenvalue weighted by Gasteiger charge is 2.17. The number of amides is 1. The molecule has 5 heteroatoms. The summed E-state index contributed by atoms with van der Waals surface area (Å²) in [5.74, 6) is 0.504. The lowest BCUT2D eigenvalue weighted by Gasteiger charge is -2.22. The van der Waals surface area contributed by atoms with E-state index in [0.29, 0.717) is 17.4 Å². The highest BCUT2D eigenvalue weighted by molar-refractivity contribution is 8.00. The van der Waals surface area contributed by atoms with Gasteiger partial charge in [-0.3, -0.25) is 4.79 Å². The normalized spacial score (nSPS) is 17.4. The van der Waals surface area contributed by atoms with Gasteiger partial charge in [0.15, 0.2) is 0 Å². The zero-order chi connectivity index (χ0) is 14.9. The second-order valence-corrected chi connectivity index (χ2v) is 6.69.